The van der Waals surface area contributed by atoms with Crippen LogP contribution in [0.1, 0.15) is 22.8 Å². The molecular formula is C30H31N3O3. The van der Waals surface area contributed by atoms with E-state index in [4.69, 9.17) is 14.5 Å². The Balaban J connectivity index is 1.36. The summed E-state index contributed by atoms with van der Waals surface area (Å²) >= 11 is 0. The number of hydrogen-bond donors (Lipinski definition) is 0. The maximum atomic E-state index is 13.4. The highest BCUT2D eigenvalue weighted by Crippen LogP contribution is 2.31. The third-order valence-corrected chi connectivity index (χ3v) is 6.67. The number of fused-ring (bicyclic) bond motifs is 1. The number of anilines is 1. The van der Waals surface area contributed by atoms with Gasteiger partial charge in [-0.05, 0) is 56.3 Å². The third-order valence-electron chi connectivity index (χ3n) is 6.67. The molecule has 4 aromatic rings. The van der Waals surface area contributed by atoms with E-state index in [0.29, 0.717) is 25.3 Å². The molecule has 0 radical (unpaired) electrons. The summed E-state index contributed by atoms with van der Waals surface area (Å²) in [4.78, 5) is 22.5. The van der Waals surface area contributed by atoms with Crippen molar-refractivity contribution in [1.29, 1.82) is 0 Å². The summed E-state index contributed by atoms with van der Waals surface area (Å²) in [5, 5.41) is 0.857. The summed E-state index contributed by atoms with van der Waals surface area (Å²) in [6, 6.07) is 24.1. The summed E-state index contributed by atoms with van der Waals surface area (Å²) in [6.07, 6.45) is 0. The van der Waals surface area contributed by atoms with Gasteiger partial charge >= 0.3 is 0 Å². The molecule has 1 aliphatic rings. The lowest BCUT2D eigenvalue weighted by Crippen LogP contribution is -2.48. The SMILES string of the molecule is CCOc1cc(-c2ccc(C)cc2)nc2ccc(C(=O)N3CCN(c4ccc(OC)cc4)CC3)cc12. The molecule has 5 rings (SSSR count). The van der Waals surface area contributed by atoms with Crippen molar-refractivity contribution in [2.75, 3.05) is 44.8 Å². The maximum Gasteiger partial charge on any atom is 0.254 e. The van der Waals surface area contributed by atoms with Gasteiger partial charge in [-0.1, -0.05) is 29.8 Å². The van der Waals surface area contributed by atoms with Crippen molar-refractivity contribution >= 4 is 22.5 Å². The molecule has 3 aromatic carbocycles. The number of piperazine rings is 1. The predicted molar refractivity (Wildman–Crippen MR) is 144 cm³/mol. The average Bonchev–Trinajstić information content (AvgIpc) is 2.93. The van der Waals surface area contributed by atoms with Crippen LogP contribution in [0.3, 0.4) is 0 Å². The number of ether oxygens (including phenoxy) is 2. The van der Waals surface area contributed by atoms with Crippen LogP contribution >= 0.6 is 0 Å². The topological polar surface area (TPSA) is 54.9 Å². The minimum Gasteiger partial charge on any atom is -0.497 e. The Morgan fingerprint density at radius 1 is 0.917 bits per heavy atom. The Bertz CT molecular complexity index is 1360. The first-order valence-corrected chi connectivity index (χ1v) is 12.4. The molecule has 0 N–H and O–H groups in total. The molecule has 0 unspecified atom stereocenters. The van der Waals surface area contributed by atoms with Gasteiger partial charge in [0.2, 0.25) is 0 Å². The lowest BCUT2D eigenvalue weighted by molar-refractivity contribution is 0.0747. The lowest BCUT2D eigenvalue weighted by Gasteiger charge is -2.36. The molecule has 0 saturated carbocycles. The molecule has 1 fully saturated rings. The number of nitrogens with zero attached hydrogens (tertiary/aromatic N) is 3. The van der Waals surface area contributed by atoms with Gasteiger partial charge in [-0.3, -0.25) is 4.79 Å². The van der Waals surface area contributed by atoms with Crippen molar-refractivity contribution in [3.8, 4) is 22.8 Å². The van der Waals surface area contributed by atoms with Gasteiger partial charge in [0.15, 0.2) is 0 Å². The van der Waals surface area contributed by atoms with Gasteiger partial charge in [0.05, 0.1) is 24.9 Å². The Morgan fingerprint density at radius 3 is 2.31 bits per heavy atom. The second kappa shape index (κ2) is 10.3. The molecule has 1 aliphatic heterocycles. The standard InChI is InChI=1S/C30H31N3O3/c1-4-36-29-20-28(22-7-5-21(2)6-8-22)31-27-14-9-23(19-26(27)29)30(34)33-17-15-32(16-18-33)24-10-12-25(35-3)13-11-24/h5-14,19-20H,4,15-18H2,1-3H3. The highest BCUT2D eigenvalue weighted by Gasteiger charge is 2.23. The maximum absolute atomic E-state index is 13.4. The number of aryl methyl sites for hydroxylation is 1. The predicted octanol–water partition coefficient (Wildman–Crippen LogP) is 5.58. The molecule has 0 bridgehead atoms. The summed E-state index contributed by atoms with van der Waals surface area (Å²) < 4.78 is 11.2. The zero-order chi connectivity index (χ0) is 25.1. The van der Waals surface area contributed by atoms with Gasteiger partial charge in [-0.25, -0.2) is 4.98 Å². The van der Waals surface area contributed by atoms with Crippen LogP contribution in [0, 0.1) is 6.92 Å². The van der Waals surface area contributed by atoms with Crippen LogP contribution < -0.4 is 14.4 Å². The van der Waals surface area contributed by atoms with Crippen molar-refractivity contribution in [3.63, 3.8) is 0 Å². The minimum atomic E-state index is 0.0383. The second-order valence-corrected chi connectivity index (χ2v) is 9.01. The van der Waals surface area contributed by atoms with E-state index in [2.05, 4.69) is 48.2 Å². The van der Waals surface area contributed by atoms with Crippen molar-refractivity contribution in [2.45, 2.75) is 13.8 Å². The van der Waals surface area contributed by atoms with Crippen LogP contribution in [0.5, 0.6) is 11.5 Å². The number of benzene rings is 3. The molecule has 6 heteroatoms. The van der Waals surface area contributed by atoms with E-state index >= 15 is 0 Å². The van der Waals surface area contributed by atoms with Gasteiger partial charge in [0.25, 0.3) is 5.91 Å². The summed E-state index contributed by atoms with van der Waals surface area (Å²) in [5.74, 6) is 1.63. The summed E-state index contributed by atoms with van der Waals surface area (Å²) in [7, 11) is 1.67. The Kier molecular flexibility index (Phi) is 6.76. The van der Waals surface area contributed by atoms with Gasteiger partial charge in [0, 0.05) is 54.4 Å². The number of carbonyl (C=O) groups excluding carboxylic acids is 1. The average molecular weight is 482 g/mol. The highest BCUT2D eigenvalue weighted by atomic mass is 16.5. The van der Waals surface area contributed by atoms with Crippen molar-refractivity contribution in [1.82, 2.24) is 9.88 Å². The molecule has 0 aliphatic carbocycles. The van der Waals surface area contributed by atoms with Crippen molar-refractivity contribution in [3.05, 3.63) is 83.9 Å². The van der Waals surface area contributed by atoms with Crippen LogP contribution in [-0.2, 0) is 0 Å². The molecule has 184 valence electrons. The van der Waals surface area contributed by atoms with Gasteiger partial charge in [0.1, 0.15) is 11.5 Å². The molecule has 6 nitrogen and oxygen atoms in total. The molecule has 0 spiro atoms. The quantitative estimate of drug-likeness (QED) is 0.360. The first kappa shape index (κ1) is 23.7. The largest absolute Gasteiger partial charge is 0.497 e. The van der Waals surface area contributed by atoms with Crippen molar-refractivity contribution in [2.24, 2.45) is 0 Å². The number of methoxy groups -OCH3 is 1. The van der Waals surface area contributed by atoms with Crippen LogP contribution in [-0.4, -0.2) is 55.7 Å². The monoisotopic (exact) mass is 481 g/mol. The fraction of sp³-hybridized carbons (Fsp3) is 0.267. The van der Waals surface area contributed by atoms with Gasteiger partial charge in [-0.15, -0.1) is 0 Å². The van der Waals surface area contributed by atoms with E-state index in [0.717, 1.165) is 52.4 Å². The first-order valence-electron chi connectivity index (χ1n) is 12.4. The van der Waals surface area contributed by atoms with Crippen LogP contribution in [0.25, 0.3) is 22.2 Å². The smallest absolute Gasteiger partial charge is 0.254 e. The Morgan fingerprint density at radius 2 is 1.64 bits per heavy atom. The van der Waals surface area contributed by atoms with E-state index in [9.17, 15) is 4.79 Å². The third kappa shape index (κ3) is 4.85. The highest BCUT2D eigenvalue weighted by molar-refractivity contribution is 6.00. The van der Waals surface area contributed by atoms with E-state index in [-0.39, 0.29) is 5.91 Å². The minimum absolute atomic E-state index is 0.0383. The molecule has 1 amide bonds. The first-order chi connectivity index (χ1) is 17.6. The zero-order valence-electron chi connectivity index (χ0n) is 21.0. The molecule has 0 atom stereocenters. The number of amides is 1. The van der Waals surface area contributed by atoms with E-state index in [1.54, 1.807) is 7.11 Å². The molecule has 1 saturated heterocycles. The number of rotatable bonds is 6. The molecule has 36 heavy (non-hydrogen) atoms. The van der Waals surface area contributed by atoms with Gasteiger partial charge < -0.3 is 19.3 Å². The number of hydrogen-bond acceptors (Lipinski definition) is 5. The second-order valence-electron chi connectivity index (χ2n) is 9.01. The van der Waals surface area contributed by atoms with Crippen LogP contribution in [0.2, 0.25) is 0 Å². The normalized spacial score (nSPS) is 13.6. The van der Waals surface area contributed by atoms with Crippen LogP contribution in [0.4, 0.5) is 5.69 Å². The number of aromatic nitrogens is 1. The fourth-order valence-electron chi connectivity index (χ4n) is 4.62. The number of pyridine rings is 1. The van der Waals surface area contributed by atoms with Gasteiger partial charge in [-0.2, -0.15) is 0 Å². The number of carbonyl (C=O) groups is 1. The molecule has 1 aromatic heterocycles. The molecule has 2 heterocycles. The Labute approximate surface area is 212 Å². The van der Waals surface area contributed by atoms with Crippen molar-refractivity contribution < 1.29 is 14.3 Å². The Hall–Kier alpha value is -4.06. The lowest BCUT2D eigenvalue weighted by atomic mass is 10.0. The van der Waals surface area contributed by atoms with E-state index in [1.165, 1.54) is 5.56 Å². The summed E-state index contributed by atoms with van der Waals surface area (Å²) in [6.45, 7) is 7.50. The van der Waals surface area contributed by atoms with E-state index < -0.39 is 0 Å². The van der Waals surface area contributed by atoms with Crippen LogP contribution in [0.15, 0.2) is 72.8 Å². The zero-order valence-corrected chi connectivity index (χ0v) is 21.0. The molecular weight excluding hydrogens is 450 g/mol. The fourth-order valence-corrected chi connectivity index (χ4v) is 4.62. The van der Waals surface area contributed by atoms with E-state index in [1.807, 2.05) is 48.2 Å². The summed E-state index contributed by atoms with van der Waals surface area (Å²) in [5.41, 5.74) is 5.73.